The van der Waals surface area contributed by atoms with Crippen molar-refractivity contribution >= 4 is 34.7 Å². The van der Waals surface area contributed by atoms with Gasteiger partial charge in [-0.25, -0.2) is 0 Å². The molecule has 0 aromatic heterocycles. The van der Waals surface area contributed by atoms with Crippen LogP contribution in [0.1, 0.15) is 30.9 Å². The minimum atomic E-state index is -0.0690. The van der Waals surface area contributed by atoms with Crippen LogP contribution >= 0.6 is 11.6 Å². The van der Waals surface area contributed by atoms with Crippen LogP contribution in [0.25, 0.3) is 0 Å². The first kappa shape index (κ1) is 19.0. The Kier molecular flexibility index (Phi) is 5.38. The first-order valence-corrected chi connectivity index (χ1v) is 10.1. The maximum atomic E-state index is 11.4. The molecule has 2 aromatic rings. The molecule has 0 aliphatic carbocycles. The summed E-state index contributed by atoms with van der Waals surface area (Å²) in [5.41, 5.74) is 4.24. The highest BCUT2D eigenvalue weighted by molar-refractivity contribution is 6.30. The number of fused-ring (bicyclic) bond motifs is 1. The Morgan fingerprint density at radius 2 is 2.04 bits per heavy atom. The van der Waals surface area contributed by atoms with Crippen molar-refractivity contribution in [1.82, 2.24) is 5.32 Å². The molecular formula is C22H25ClN4O. The number of hydrogen-bond donors (Lipinski definition) is 3. The number of rotatable bonds is 3. The molecular weight excluding hydrogens is 372 g/mol. The highest BCUT2D eigenvalue weighted by atomic mass is 35.5. The lowest BCUT2D eigenvalue weighted by molar-refractivity contribution is -0.114. The van der Waals surface area contributed by atoms with Crippen LogP contribution < -0.4 is 16.0 Å². The van der Waals surface area contributed by atoms with E-state index in [2.05, 4.69) is 28.1 Å². The Morgan fingerprint density at radius 1 is 1.21 bits per heavy atom. The summed E-state index contributed by atoms with van der Waals surface area (Å²) in [5.74, 6) is 0.974. The van der Waals surface area contributed by atoms with Crippen molar-refractivity contribution < 1.29 is 4.79 Å². The van der Waals surface area contributed by atoms with Gasteiger partial charge in [0.05, 0.1) is 6.54 Å². The number of benzene rings is 2. The van der Waals surface area contributed by atoms with Crippen molar-refractivity contribution in [3.8, 4) is 0 Å². The maximum absolute atomic E-state index is 11.4. The van der Waals surface area contributed by atoms with Gasteiger partial charge in [-0.2, -0.15) is 0 Å². The van der Waals surface area contributed by atoms with Crippen LogP contribution in [0.2, 0.25) is 5.02 Å². The molecule has 0 radical (unpaired) electrons. The van der Waals surface area contributed by atoms with Crippen molar-refractivity contribution in [2.75, 3.05) is 23.7 Å². The van der Waals surface area contributed by atoms with E-state index in [1.807, 2.05) is 30.3 Å². The minimum absolute atomic E-state index is 0.0341. The van der Waals surface area contributed by atoms with Gasteiger partial charge in [0.1, 0.15) is 5.84 Å². The number of aliphatic imine (C=N–C) groups is 1. The van der Waals surface area contributed by atoms with E-state index in [4.69, 9.17) is 16.6 Å². The third-order valence-corrected chi connectivity index (χ3v) is 5.82. The predicted octanol–water partition coefficient (Wildman–Crippen LogP) is 4.23. The number of halogens is 1. The number of amidine groups is 1. The fourth-order valence-electron chi connectivity index (χ4n) is 4.17. The molecule has 0 unspecified atom stereocenters. The number of nitrogens with zero attached hydrogens (tertiary/aromatic N) is 1. The van der Waals surface area contributed by atoms with Gasteiger partial charge in [0.2, 0.25) is 5.91 Å². The van der Waals surface area contributed by atoms with Crippen LogP contribution in [0.3, 0.4) is 0 Å². The van der Waals surface area contributed by atoms with Gasteiger partial charge < -0.3 is 16.0 Å². The van der Waals surface area contributed by atoms with Crippen LogP contribution in [0.5, 0.6) is 0 Å². The van der Waals surface area contributed by atoms with Crippen molar-refractivity contribution in [2.45, 2.75) is 32.7 Å². The minimum Gasteiger partial charge on any atom is -0.343 e. The second kappa shape index (κ2) is 7.94. The van der Waals surface area contributed by atoms with E-state index in [-0.39, 0.29) is 11.3 Å². The van der Waals surface area contributed by atoms with Crippen LogP contribution in [0.4, 0.5) is 11.4 Å². The van der Waals surface area contributed by atoms with E-state index in [0.717, 1.165) is 60.1 Å². The van der Waals surface area contributed by atoms with E-state index in [1.54, 1.807) is 0 Å². The largest absolute Gasteiger partial charge is 0.343 e. The number of nitrogens with one attached hydrogen (secondary N) is 3. The normalized spacial score (nSPS) is 19.1. The molecule has 1 saturated heterocycles. The molecule has 0 bridgehead atoms. The lowest BCUT2D eigenvalue weighted by Gasteiger charge is -2.43. The highest BCUT2D eigenvalue weighted by Crippen LogP contribution is 2.41. The first-order valence-electron chi connectivity index (χ1n) is 9.72. The quantitative estimate of drug-likeness (QED) is 0.727. The molecule has 4 rings (SSSR count). The number of anilines is 2. The third-order valence-electron chi connectivity index (χ3n) is 5.58. The number of carbonyl (C=O) groups is 1. The monoisotopic (exact) mass is 396 g/mol. The molecule has 0 saturated carbocycles. The van der Waals surface area contributed by atoms with Gasteiger partial charge >= 0.3 is 0 Å². The molecule has 2 heterocycles. The Labute approximate surface area is 170 Å². The molecule has 1 fully saturated rings. The topological polar surface area (TPSA) is 65.5 Å². The summed E-state index contributed by atoms with van der Waals surface area (Å²) in [7, 11) is 0. The number of carbonyl (C=O) groups excluding carboxylic acids is 1. The van der Waals surface area contributed by atoms with Gasteiger partial charge in [0.15, 0.2) is 0 Å². The lowest BCUT2D eigenvalue weighted by atomic mass is 9.71. The van der Waals surface area contributed by atoms with E-state index in [0.29, 0.717) is 6.54 Å². The van der Waals surface area contributed by atoms with E-state index in [1.165, 1.54) is 12.5 Å². The summed E-state index contributed by atoms with van der Waals surface area (Å²) in [6, 6.07) is 13.9. The van der Waals surface area contributed by atoms with Crippen molar-refractivity contribution in [3.05, 3.63) is 58.6 Å². The number of hydrogen-bond acceptors (Lipinski definition) is 3. The van der Waals surface area contributed by atoms with Crippen molar-refractivity contribution in [1.29, 1.82) is 0 Å². The fraction of sp³-hybridized carbons (Fsp3) is 0.364. The van der Waals surface area contributed by atoms with E-state index >= 15 is 0 Å². The zero-order chi connectivity index (χ0) is 19.6. The van der Waals surface area contributed by atoms with Crippen molar-refractivity contribution in [2.24, 2.45) is 10.4 Å². The zero-order valence-electron chi connectivity index (χ0n) is 16.0. The average Bonchev–Trinajstić information content (AvgIpc) is 2.67. The summed E-state index contributed by atoms with van der Waals surface area (Å²) < 4.78 is 0. The van der Waals surface area contributed by atoms with E-state index < -0.39 is 0 Å². The first-order chi connectivity index (χ1) is 13.5. The Hall–Kier alpha value is -2.37. The smallest absolute Gasteiger partial charge is 0.221 e. The Balaban J connectivity index is 1.66. The van der Waals surface area contributed by atoms with Gasteiger partial charge in [0, 0.05) is 28.7 Å². The molecule has 1 amide bonds. The van der Waals surface area contributed by atoms with Gasteiger partial charge in [-0.1, -0.05) is 29.8 Å². The molecule has 6 heteroatoms. The predicted molar refractivity (Wildman–Crippen MR) is 115 cm³/mol. The van der Waals surface area contributed by atoms with Crippen LogP contribution in [-0.4, -0.2) is 24.8 Å². The second-order valence-corrected chi connectivity index (χ2v) is 8.12. The van der Waals surface area contributed by atoms with Crippen LogP contribution in [-0.2, 0) is 17.8 Å². The third kappa shape index (κ3) is 4.05. The standard InChI is InChI=1S/C22H25ClN4O/c1-15(28)26-19-6-5-17-13-22(7-9-24-10-8-22)21(27-20(17)12-19)25-14-16-3-2-4-18(23)11-16/h2-6,11-12,24H,7-10,13-14H2,1H3,(H,25,27)(H,26,28). The van der Waals surface area contributed by atoms with E-state index in [9.17, 15) is 4.79 Å². The molecule has 3 N–H and O–H groups in total. The molecule has 5 nitrogen and oxygen atoms in total. The zero-order valence-corrected chi connectivity index (χ0v) is 16.8. The average molecular weight is 397 g/mol. The van der Waals surface area contributed by atoms with Crippen LogP contribution in [0.15, 0.2) is 47.5 Å². The number of piperidine rings is 1. The number of amides is 1. The second-order valence-electron chi connectivity index (χ2n) is 7.68. The molecule has 2 aliphatic rings. The van der Waals surface area contributed by atoms with Crippen LogP contribution in [0, 0.1) is 5.41 Å². The molecule has 2 aromatic carbocycles. The summed E-state index contributed by atoms with van der Waals surface area (Å²) in [6.07, 6.45) is 3.08. The molecule has 1 spiro atoms. The molecule has 2 aliphatic heterocycles. The SMILES string of the molecule is CC(=O)Nc1ccc2c(c1)NC(=NCc1cccc(Cl)c1)C1(CCNCC1)C2. The van der Waals surface area contributed by atoms with Crippen molar-refractivity contribution in [3.63, 3.8) is 0 Å². The summed E-state index contributed by atoms with van der Waals surface area (Å²) in [4.78, 5) is 16.4. The highest BCUT2D eigenvalue weighted by Gasteiger charge is 2.41. The van der Waals surface area contributed by atoms with Gasteiger partial charge in [-0.05, 0) is 67.7 Å². The fourth-order valence-corrected chi connectivity index (χ4v) is 4.38. The summed E-state index contributed by atoms with van der Waals surface area (Å²) in [6.45, 7) is 4.11. The lowest BCUT2D eigenvalue weighted by Crippen LogP contribution is -2.48. The van der Waals surface area contributed by atoms with Gasteiger partial charge in [-0.15, -0.1) is 0 Å². The van der Waals surface area contributed by atoms with Gasteiger partial charge in [0.25, 0.3) is 0 Å². The molecule has 146 valence electrons. The molecule has 28 heavy (non-hydrogen) atoms. The Bertz CT molecular complexity index is 919. The summed E-state index contributed by atoms with van der Waals surface area (Å²) in [5, 5.41) is 10.7. The van der Waals surface area contributed by atoms with Gasteiger partial charge in [-0.3, -0.25) is 9.79 Å². The Morgan fingerprint density at radius 3 is 2.79 bits per heavy atom. The maximum Gasteiger partial charge on any atom is 0.221 e. The summed E-state index contributed by atoms with van der Waals surface area (Å²) >= 11 is 6.13. The molecule has 0 atom stereocenters.